The first kappa shape index (κ1) is 10.4. The van der Waals surface area contributed by atoms with E-state index in [-0.39, 0.29) is 6.10 Å². The second-order valence-electron chi connectivity index (χ2n) is 5.14. The van der Waals surface area contributed by atoms with Gasteiger partial charge in [0.1, 0.15) is 0 Å². The van der Waals surface area contributed by atoms with Crippen LogP contribution in [0.4, 0.5) is 0 Å². The molecule has 0 saturated heterocycles. The lowest BCUT2D eigenvalue weighted by Crippen LogP contribution is -2.33. The molecule has 2 N–H and O–H groups in total. The van der Waals surface area contributed by atoms with E-state index in [1.807, 2.05) is 0 Å². The van der Waals surface area contributed by atoms with Crippen molar-refractivity contribution in [3.8, 4) is 0 Å². The standard InChI is InChI=1S/C12H23NO/c14-12-6-2-5-11(7-12)9-13-8-10-3-1-4-10/h10-14H,1-9H2. The Bertz CT molecular complexity index is 168. The van der Waals surface area contributed by atoms with E-state index in [1.54, 1.807) is 0 Å². The van der Waals surface area contributed by atoms with E-state index >= 15 is 0 Å². The summed E-state index contributed by atoms with van der Waals surface area (Å²) in [6.07, 6.45) is 8.87. The molecule has 82 valence electrons. The number of rotatable bonds is 4. The van der Waals surface area contributed by atoms with E-state index in [4.69, 9.17) is 0 Å². The van der Waals surface area contributed by atoms with Crippen molar-refractivity contribution in [3.63, 3.8) is 0 Å². The molecule has 2 aliphatic carbocycles. The maximum Gasteiger partial charge on any atom is 0.0543 e. The van der Waals surface area contributed by atoms with Crippen LogP contribution in [-0.4, -0.2) is 24.3 Å². The third-order valence-corrected chi connectivity index (χ3v) is 3.85. The zero-order chi connectivity index (χ0) is 9.80. The van der Waals surface area contributed by atoms with Crippen LogP contribution < -0.4 is 5.32 Å². The molecule has 0 aromatic carbocycles. The summed E-state index contributed by atoms with van der Waals surface area (Å²) in [4.78, 5) is 0. The van der Waals surface area contributed by atoms with Gasteiger partial charge in [-0.15, -0.1) is 0 Å². The fraction of sp³-hybridized carbons (Fsp3) is 1.00. The van der Waals surface area contributed by atoms with Gasteiger partial charge in [-0.2, -0.15) is 0 Å². The van der Waals surface area contributed by atoms with Crippen LogP contribution in [0.5, 0.6) is 0 Å². The van der Waals surface area contributed by atoms with Crippen LogP contribution in [0.15, 0.2) is 0 Å². The topological polar surface area (TPSA) is 32.3 Å². The summed E-state index contributed by atoms with van der Waals surface area (Å²) in [5.74, 6) is 1.70. The molecular formula is C12H23NO. The molecule has 2 heteroatoms. The first-order chi connectivity index (χ1) is 6.84. The molecule has 2 aliphatic rings. The highest BCUT2D eigenvalue weighted by atomic mass is 16.3. The van der Waals surface area contributed by atoms with E-state index in [2.05, 4.69) is 5.32 Å². The molecule has 2 rings (SSSR count). The first-order valence-electron chi connectivity index (χ1n) is 6.23. The number of hydrogen-bond donors (Lipinski definition) is 2. The Hall–Kier alpha value is -0.0800. The van der Waals surface area contributed by atoms with Crippen molar-refractivity contribution in [1.29, 1.82) is 0 Å². The molecule has 0 bridgehead atoms. The van der Waals surface area contributed by atoms with Crippen LogP contribution in [0.3, 0.4) is 0 Å². The Morgan fingerprint density at radius 2 is 1.57 bits per heavy atom. The van der Waals surface area contributed by atoms with E-state index in [9.17, 15) is 5.11 Å². The molecule has 2 saturated carbocycles. The Labute approximate surface area is 87.1 Å². The van der Waals surface area contributed by atoms with E-state index in [0.717, 1.165) is 31.2 Å². The summed E-state index contributed by atoms with van der Waals surface area (Å²) in [6, 6.07) is 0. The van der Waals surface area contributed by atoms with E-state index in [0.29, 0.717) is 0 Å². The van der Waals surface area contributed by atoms with Crippen LogP contribution in [-0.2, 0) is 0 Å². The summed E-state index contributed by atoms with van der Waals surface area (Å²) in [6.45, 7) is 2.35. The lowest BCUT2D eigenvalue weighted by molar-refractivity contribution is 0.0998. The first-order valence-corrected chi connectivity index (χ1v) is 6.23. The van der Waals surface area contributed by atoms with Crippen molar-refractivity contribution < 1.29 is 5.11 Å². The van der Waals surface area contributed by atoms with Crippen molar-refractivity contribution in [3.05, 3.63) is 0 Å². The average molecular weight is 197 g/mol. The summed E-state index contributed by atoms with van der Waals surface area (Å²) < 4.78 is 0. The second-order valence-corrected chi connectivity index (χ2v) is 5.14. The molecular weight excluding hydrogens is 174 g/mol. The molecule has 2 unspecified atom stereocenters. The number of aliphatic hydroxyl groups is 1. The van der Waals surface area contributed by atoms with Gasteiger partial charge in [-0.3, -0.25) is 0 Å². The van der Waals surface area contributed by atoms with Gasteiger partial charge in [-0.25, -0.2) is 0 Å². The second kappa shape index (κ2) is 5.13. The molecule has 2 fully saturated rings. The highest BCUT2D eigenvalue weighted by molar-refractivity contribution is 4.76. The van der Waals surface area contributed by atoms with Gasteiger partial charge in [-0.1, -0.05) is 12.8 Å². The zero-order valence-electron chi connectivity index (χ0n) is 9.04. The van der Waals surface area contributed by atoms with Gasteiger partial charge in [0.25, 0.3) is 0 Å². The Kier molecular flexibility index (Phi) is 3.82. The maximum absolute atomic E-state index is 9.52. The van der Waals surface area contributed by atoms with Gasteiger partial charge < -0.3 is 10.4 Å². The van der Waals surface area contributed by atoms with Crippen molar-refractivity contribution >= 4 is 0 Å². The lowest BCUT2D eigenvalue weighted by Gasteiger charge is -2.29. The third kappa shape index (κ3) is 2.96. The van der Waals surface area contributed by atoms with Gasteiger partial charge in [0.05, 0.1) is 6.10 Å². The van der Waals surface area contributed by atoms with Crippen molar-refractivity contribution in [2.75, 3.05) is 13.1 Å². The fourth-order valence-corrected chi connectivity index (χ4v) is 2.64. The number of aliphatic hydroxyl groups excluding tert-OH is 1. The van der Waals surface area contributed by atoms with E-state index < -0.39 is 0 Å². The van der Waals surface area contributed by atoms with Crippen LogP contribution >= 0.6 is 0 Å². The normalized spacial score (nSPS) is 34.1. The molecule has 0 spiro atoms. The minimum atomic E-state index is -0.0146. The molecule has 0 aromatic rings. The maximum atomic E-state index is 9.52. The summed E-state index contributed by atoms with van der Waals surface area (Å²) >= 11 is 0. The molecule has 0 radical (unpaired) electrons. The SMILES string of the molecule is OC1CCCC(CNCC2CCC2)C1. The molecule has 0 heterocycles. The zero-order valence-corrected chi connectivity index (χ0v) is 9.04. The molecule has 0 aromatic heterocycles. The van der Waals surface area contributed by atoms with E-state index in [1.165, 1.54) is 38.6 Å². The largest absolute Gasteiger partial charge is 0.393 e. The Morgan fingerprint density at radius 1 is 0.929 bits per heavy atom. The quantitative estimate of drug-likeness (QED) is 0.722. The smallest absolute Gasteiger partial charge is 0.0543 e. The van der Waals surface area contributed by atoms with Gasteiger partial charge >= 0.3 is 0 Å². The van der Waals surface area contributed by atoms with Gasteiger partial charge in [0, 0.05) is 0 Å². The molecule has 0 amide bonds. The minimum Gasteiger partial charge on any atom is -0.393 e. The Morgan fingerprint density at radius 3 is 2.21 bits per heavy atom. The molecule has 14 heavy (non-hydrogen) atoms. The number of nitrogens with one attached hydrogen (secondary N) is 1. The van der Waals surface area contributed by atoms with Crippen molar-refractivity contribution in [2.24, 2.45) is 11.8 Å². The summed E-state index contributed by atoms with van der Waals surface area (Å²) in [5.41, 5.74) is 0. The molecule has 2 atom stereocenters. The highest BCUT2D eigenvalue weighted by Gasteiger charge is 2.21. The predicted molar refractivity (Wildman–Crippen MR) is 58.2 cm³/mol. The average Bonchev–Trinajstić information content (AvgIpc) is 2.09. The van der Waals surface area contributed by atoms with Gasteiger partial charge in [0.15, 0.2) is 0 Å². The lowest BCUT2D eigenvalue weighted by atomic mass is 9.84. The van der Waals surface area contributed by atoms with Crippen LogP contribution in [0, 0.1) is 11.8 Å². The molecule has 2 nitrogen and oxygen atoms in total. The van der Waals surface area contributed by atoms with Gasteiger partial charge in [0.2, 0.25) is 0 Å². The third-order valence-electron chi connectivity index (χ3n) is 3.85. The highest BCUT2D eigenvalue weighted by Crippen LogP contribution is 2.26. The fourth-order valence-electron chi connectivity index (χ4n) is 2.64. The van der Waals surface area contributed by atoms with Crippen LogP contribution in [0.1, 0.15) is 44.9 Å². The predicted octanol–water partition coefficient (Wildman–Crippen LogP) is 1.93. The Balaban J connectivity index is 1.55. The summed E-state index contributed by atoms with van der Waals surface area (Å²) in [7, 11) is 0. The monoisotopic (exact) mass is 197 g/mol. The van der Waals surface area contributed by atoms with Crippen LogP contribution in [0.25, 0.3) is 0 Å². The minimum absolute atomic E-state index is 0.0146. The number of hydrogen-bond acceptors (Lipinski definition) is 2. The van der Waals surface area contributed by atoms with Crippen molar-refractivity contribution in [2.45, 2.75) is 51.0 Å². The summed E-state index contributed by atoms with van der Waals surface area (Å²) in [5, 5.41) is 13.1. The van der Waals surface area contributed by atoms with Crippen LogP contribution in [0.2, 0.25) is 0 Å². The molecule has 0 aliphatic heterocycles. The van der Waals surface area contributed by atoms with Gasteiger partial charge in [-0.05, 0) is 57.0 Å². The van der Waals surface area contributed by atoms with Crippen molar-refractivity contribution in [1.82, 2.24) is 5.32 Å².